The molecule has 18 heavy (non-hydrogen) atoms. The zero-order valence-corrected chi connectivity index (χ0v) is 12.6. The average Bonchev–Trinajstić information content (AvgIpc) is 2.36. The first-order chi connectivity index (χ1) is 8.56. The molecule has 0 fully saturated rings. The van der Waals surface area contributed by atoms with E-state index in [9.17, 15) is 0 Å². The van der Waals surface area contributed by atoms with Crippen molar-refractivity contribution >= 4 is 15.9 Å². The molecule has 1 atom stereocenters. The summed E-state index contributed by atoms with van der Waals surface area (Å²) >= 11 is 3.49. The van der Waals surface area contributed by atoms with Gasteiger partial charge in [-0.05, 0) is 47.1 Å². The SMILES string of the molecule is COc1ccc(CCN(C)CC(N)CN)cc1Br. The lowest BCUT2D eigenvalue weighted by Gasteiger charge is -2.20. The van der Waals surface area contributed by atoms with Crippen molar-refractivity contribution in [3.05, 3.63) is 28.2 Å². The second kappa shape index (κ2) is 7.74. The van der Waals surface area contributed by atoms with Crippen molar-refractivity contribution in [2.24, 2.45) is 11.5 Å². The van der Waals surface area contributed by atoms with Gasteiger partial charge in [0.25, 0.3) is 0 Å². The van der Waals surface area contributed by atoms with E-state index in [4.69, 9.17) is 16.2 Å². The van der Waals surface area contributed by atoms with E-state index in [2.05, 4.69) is 40.0 Å². The fourth-order valence-corrected chi connectivity index (χ4v) is 2.34. The van der Waals surface area contributed by atoms with Crippen molar-refractivity contribution in [1.82, 2.24) is 4.90 Å². The van der Waals surface area contributed by atoms with Gasteiger partial charge in [0.15, 0.2) is 0 Å². The highest BCUT2D eigenvalue weighted by molar-refractivity contribution is 9.10. The van der Waals surface area contributed by atoms with Crippen molar-refractivity contribution in [2.45, 2.75) is 12.5 Å². The molecular formula is C13H22BrN3O. The summed E-state index contributed by atoms with van der Waals surface area (Å²) in [5.74, 6) is 0.859. The highest BCUT2D eigenvalue weighted by atomic mass is 79.9. The van der Waals surface area contributed by atoms with Gasteiger partial charge < -0.3 is 21.1 Å². The molecular weight excluding hydrogens is 294 g/mol. The van der Waals surface area contributed by atoms with Gasteiger partial charge in [-0.1, -0.05) is 6.07 Å². The van der Waals surface area contributed by atoms with Gasteiger partial charge in [-0.25, -0.2) is 0 Å². The molecule has 102 valence electrons. The van der Waals surface area contributed by atoms with Crippen molar-refractivity contribution in [2.75, 3.05) is 33.8 Å². The Morgan fingerprint density at radius 3 is 2.72 bits per heavy atom. The molecule has 4 N–H and O–H groups in total. The van der Waals surface area contributed by atoms with Crippen LogP contribution in [-0.4, -0.2) is 44.7 Å². The normalized spacial score (nSPS) is 12.8. The first kappa shape index (κ1) is 15.4. The molecule has 0 heterocycles. The average molecular weight is 316 g/mol. The van der Waals surface area contributed by atoms with Gasteiger partial charge in [-0.3, -0.25) is 0 Å². The second-order valence-electron chi connectivity index (χ2n) is 4.48. The van der Waals surface area contributed by atoms with Gasteiger partial charge >= 0.3 is 0 Å². The van der Waals surface area contributed by atoms with Gasteiger partial charge in [0.2, 0.25) is 0 Å². The third-order valence-corrected chi connectivity index (χ3v) is 3.47. The minimum Gasteiger partial charge on any atom is -0.496 e. The van der Waals surface area contributed by atoms with E-state index in [0.717, 1.165) is 29.7 Å². The topological polar surface area (TPSA) is 64.5 Å². The molecule has 0 aliphatic carbocycles. The maximum atomic E-state index is 5.81. The number of halogens is 1. The van der Waals surface area contributed by atoms with E-state index in [1.165, 1.54) is 5.56 Å². The van der Waals surface area contributed by atoms with Crippen LogP contribution in [0.5, 0.6) is 5.75 Å². The number of nitrogens with two attached hydrogens (primary N) is 2. The molecule has 4 nitrogen and oxygen atoms in total. The van der Waals surface area contributed by atoms with Crippen LogP contribution in [0.3, 0.4) is 0 Å². The molecule has 0 aliphatic rings. The smallest absolute Gasteiger partial charge is 0.133 e. The largest absolute Gasteiger partial charge is 0.496 e. The number of benzene rings is 1. The lowest BCUT2D eigenvalue weighted by atomic mass is 10.1. The molecule has 0 spiro atoms. The highest BCUT2D eigenvalue weighted by Gasteiger charge is 2.06. The number of ether oxygens (including phenoxy) is 1. The summed E-state index contributed by atoms with van der Waals surface area (Å²) in [6.07, 6.45) is 0.983. The van der Waals surface area contributed by atoms with E-state index in [0.29, 0.717) is 6.54 Å². The number of hydrogen-bond acceptors (Lipinski definition) is 4. The Kier molecular flexibility index (Phi) is 6.63. The molecule has 0 saturated heterocycles. The van der Waals surface area contributed by atoms with Crippen LogP contribution in [0.15, 0.2) is 22.7 Å². The second-order valence-corrected chi connectivity index (χ2v) is 5.33. The van der Waals surface area contributed by atoms with Crippen LogP contribution in [0.1, 0.15) is 5.56 Å². The Labute approximate surface area is 117 Å². The summed E-state index contributed by atoms with van der Waals surface area (Å²) in [5.41, 5.74) is 12.6. The molecule has 1 rings (SSSR count). The fourth-order valence-electron chi connectivity index (χ4n) is 1.75. The predicted octanol–water partition coefficient (Wildman–Crippen LogP) is 1.22. The van der Waals surface area contributed by atoms with Gasteiger partial charge in [-0.2, -0.15) is 0 Å². The third-order valence-electron chi connectivity index (χ3n) is 2.85. The Morgan fingerprint density at radius 1 is 1.44 bits per heavy atom. The summed E-state index contributed by atoms with van der Waals surface area (Å²) in [7, 11) is 3.73. The van der Waals surface area contributed by atoms with E-state index >= 15 is 0 Å². The molecule has 0 aromatic heterocycles. The Bertz CT molecular complexity index is 373. The number of likely N-dealkylation sites (N-methyl/N-ethyl adjacent to an activating group) is 1. The summed E-state index contributed by atoms with van der Waals surface area (Å²) in [4.78, 5) is 2.20. The number of methoxy groups -OCH3 is 1. The molecule has 1 aromatic carbocycles. The molecule has 0 bridgehead atoms. The van der Waals surface area contributed by atoms with Crippen molar-refractivity contribution in [3.8, 4) is 5.75 Å². The highest BCUT2D eigenvalue weighted by Crippen LogP contribution is 2.25. The fraction of sp³-hybridized carbons (Fsp3) is 0.538. The van der Waals surface area contributed by atoms with Crippen LogP contribution in [0, 0.1) is 0 Å². The van der Waals surface area contributed by atoms with Crippen LogP contribution in [0.25, 0.3) is 0 Å². The lowest BCUT2D eigenvalue weighted by molar-refractivity contribution is 0.316. The van der Waals surface area contributed by atoms with Crippen LogP contribution in [-0.2, 0) is 6.42 Å². The molecule has 0 amide bonds. The van der Waals surface area contributed by atoms with E-state index in [-0.39, 0.29) is 6.04 Å². The Morgan fingerprint density at radius 2 is 2.17 bits per heavy atom. The van der Waals surface area contributed by atoms with Crippen molar-refractivity contribution < 1.29 is 4.74 Å². The summed E-state index contributed by atoms with van der Waals surface area (Å²) in [6.45, 7) is 2.32. The van der Waals surface area contributed by atoms with Crippen LogP contribution < -0.4 is 16.2 Å². The summed E-state index contributed by atoms with van der Waals surface area (Å²) in [5, 5.41) is 0. The van der Waals surface area contributed by atoms with Gasteiger partial charge in [0.1, 0.15) is 5.75 Å². The minimum atomic E-state index is 0.0533. The summed E-state index contributed by atoms with van der Waals surface area (Å²) in [6, 6.07) is 6.21. The standard InChI is InChI=1S/C13H22BrN3O/c1-17(9-11(16)8-15)6-5-10-3-4-13(18-2)12(14)7-10/h3-4,7,11H,5-6,8-9,15-16H2,1-2H3. The summed E-state index contributed by atoms with van der Waals surface area (Å²) < 4.78 is 6.19. The minimum absolute atomic E-state index is 0.0533. The van der Waals surface area contributed by atoms with E-state index < -0.39 is 0 Å². The van der Waals surface area contributed by atoms with E-state index in [1.807, 2.05) is 6.07 Å². The van der Waals surface area contributed by atoms with Crippen LogP contribution in [0.4, 0.5) is 0 Å². The molecule has 0 aliphatic heterocycles. The molecule has 0 radical (unpaired) electrons. The number of nitrogens with zero attached hydrogens (tertiary/aromatic N) is 1. The lowest BCUT2D eigenvalue weighted by Crippen LogP contribution is -2.41. The number of hydrogen-bond donors (Lipinski definition) is 2. The Hall–Kier alpha value is -0.620. The first-order valence-electron chi connectivity index (χ1n) is 6.03. The zero-order chi connectivity index (χ0) is 13.5. The van der Waals surface area contributed by atoms with Crippen LogP contribution in [0.2, 0.25) is 0 Å². The molecule has 1 aromatic rings. The monoisotopic (exact) mass is 315 g/mol. The molecule has 5 heteroatoms. The maximum absolute atomic E-state index is 5.81. The van der Waals surface area contributed by atoms with Crippen LogP contribution >= 0.6 is 15.9 Å². The Balaban J connectivity index is 2.46. The first-order valence-corrected chi connectivity index (χ1v) is 6.82. The zero-order valence-electron chi connectivity index (χ0n) is 11.0. The third kappa shape index (κ3) is 4.94. The predicted molar refractivity (Wildman–Crippen MR) is 78.9 cm³/mol. The van der Waals surface area contributed by atoms with Gasteiger partial charge in [-0.15, -0.1) is 0 Å². The van der Waals surface area contributed by atoms with Crippen molar-refractivity contribution in [1.29, 1.82) is 0 Å². The van der Waals surface area contributed by atoms with Crippen molar-refractivity contribution in [3.63, 3.8) is 0 Å². The van der Waals surface area contributed by atoms with Gasteiger partial charge in [0.05, 0.1) is 11.6 Å². The van der Waals surface area contributed by atoms with Gasteiger partial charge in [0, 0.05) is 25.7 Å². The molecule has 1 unspecified atom stereocenters. The quantitative estimate of drug-likeness (QED) is 0.794. The maximum Gasteiger partial charge on any atom is 0.133 e. The number of rotatable bonds is 7. The van der Waals surface area contributed by atoms with E-state index in [1.54, 1.807) is 7.11 Å². The molecule has 0 saturated carbocycles.